The number of rotatable bonds is 1. The summed E-state index contributed by atoms with van der Waals surface area (Å²) >= 11 is 0. The number of nitrogens with two attached hydrogens (primary N) is 1. The maximum atomic E-state index is 10.3. The van der Waals surface area contributed by atoms with Crippen LogP contribution in [-0.4, -0.2) is 16.0 Å². The third kappa shape index (κ3) is 5.45. The number of hydrogen-bond acceptors (Lipinski definition) is 2. The van der Waals surface area contributed by atoms with Gasteiger partial charge in [-0.15, -0.1) is 0 Å². The summed E-state index contributed by atoms with van der Waals surface area (Å²) < 4.78 is 12.3. The summed E-state index contributed by atoms with van der Waals surface area (Å²) in [6.07, 6.45) is 0. The molecule has 0 aromatic carbocycles. The SMILES string of the molecule is C=S(N)(=O)NC(C)=O. The Balaban J connectivity index is 3.95. The minimum absolute atomic E-state index is 0.437. The topological polar surface area (TPSA) is 72.2 Å². The van der Waals surface area contributed by atoms with E-state index in [1.54, 1.807) is 0 Å². The molecule has 0 aliphatic heterocycles. The summed E-state index contributed by atoms with van der Waals surface area (Å²) in [7, 11) is -2.82. The predicted molar refractivity (Wildman–Crippen MR) is 33.3 cm³/mol. The fraction of sp³-hybridized carbons (Fsp3) is 0.333. The van der Waals surface area contributed by atoms with E-state index in [1.165, 1.54) is 6.92 Å². The molecule has 48 valence electrons. The number of nitrogens with one attached hydrogen (secondary N) is 1. The molecule has 1 atom stereocenters. The third-order valence-electron chi connectivity index (χ3n) is 0.316. The first-order chi connectivity index (χ1) is 3.42. The van der Waals surface area contributed by atoms with E-state index < -0.39 is 15.8 Å². The van der Waals surface area contributed by atoms with Crippen molar-refractivity contribution in [1.82, 2.24) is 4.72 Å². The van der Waals surface area contributed by atoms with Gasteiger partial charge in [-0.3, -0.25) is 9.52 Å². The van der Waals surface area contributed by atoms with Crippen molar-refractivity contribution in [2.24, 2.45) is 5.14 Å². The van der Waals surface area contributed by atoms with Crippen LogP contribution in [0.4, 0.5) is 0 Å². The Morgan fingerprint density at radius 3 is 2.25 bits per heavy atom. The lowest BCUT2D eigenvalue weighted by molar-refractivity contribution is -0.117. The second-order valence-corrected chi connectivity index (χ2v) is 3.04. The largest absolute Gasteiger partial charge is 0.274 e. The van der Waals surface area contributed by atoms with Gasteiger partial charge in [-0.2, -0.15) is 0 Å². The summed E-state index contributed by atoms with van der Waals surface area (Å²) in [6.45, 7) is 1.22. The maximum absolute atomic E-state index is 10.3. The molecule has 0 heterocycles. The van der Waals surface area contributed by atoms with Gasteiger partial charge in [-0.05, 0) is 5.87 Å². The lowest BCUT2D eigenvalue weighted by Crippen LogP contribution is -2.33. The van der Waals surface area contributed by atoms with Crippen LogP contribution in [0.1, 0.15) is 6.92 Å². The number of hydrogen-bond donors (Lipinski definition) is 2. The Morgan fingerprint density at radius 2 is 2.25 bits per heavy atom. The van der Waals surface area contributed by atoms with Crippen LogP contribution in [0.5, 0.6) is 0 Å². The predicted octanol–water partition coefficient (Wildman–Crippen LogP) is -1.37. The highest BCUT2D eigenvalue weighted by atomic mass is 32.2. The minimum atomic E-state index is -2.82. The molecule has 0 aromatic rings. The second kappa shape index (κ2) is 2.15. The molecule has 5 heteroatoms. The fourth-order valence-corrected chi connectivity index (χ4v) is 0.730. The van der Waals surface area contributed by atoms with Gasteiger partial charge in [0.15, 0.2) is 0 Å². The fourth-order valence-electron chi connectivity index (χ4n) is 0.243. The van der Waals surface area contributed by atoms with Crippen molar-refractivity contribution >= 4 is 21.7 Å². The van der Waals surface area contributed by atoms with Crippen molar-refractivity contribution < 1.29 is 9.00 Å². The maximum Gasteiger partial charge on any atom is 0.228 e. The Labute approximate surface area is 48.3 Å². The number of amides is 1. The van der Waals surface area contributed by atoms with Crippen LogP contribution >= 0.6 is 0 Å². The Morgan fingerprint density at radius 1 is 1.88 bits per heavy atom. The van der Waals surface area contributed by atoms with Crippen molar-refractivity contribution in [2.45, 2.75) is 6.92 Å². The number of carbonyl (C=O) groups excluding carboxylic acids is 1. The van der Waals surface area contributed by atoms with Crippen LogP contribution in [0.3, 0.4) is 0 Å². The zero-order valence-corrected chi connectivity index (χ0v) is 5.33. The van der Waals surface area contributed by atoms with Crippen LogP contribution in [0.15, 0.2) is 0 Å². The highest BCUT2D eigenvalue weighted by molar-refractivity contribution is 7.96. The van der Waals surface area contributed by atoms with E-state index >= 15 is 0 Å². The van der Waals surface area contributed by atoms with Gasteiger partial charge in [0.05, 0.1) is 0 Å². The zero-order valence-electron chi connectivity index (χ0n) is 4.51. The molecule has 0 aliphatic rings. The smallest absolute Gasteiger partial charge is 0.228 e. The van der Waals surface area contributed by atoms with E-state index in [4.69, 9.17) is 5.14 Å². The van der Waals surface area contributed by atoms with E-state index in [1.807, 2.05) is 4.72 Å². The highest BCUT2D eigenvalue weighted by Gasteiger charge is 1.93. The van der Waals surface area contributed by atoms with Crippen LogP contribution in [0.25, 0.3) is 0 Å². The van der Waals surface area contributed by atoms with E-state index in [2.05, 4.69) is 5.87 Å². The van der Waals surface area contributed by atoms with Gasteiger partial charge in [0.2, 0.25) is 5.91 Å². The highest BCUT2D eigenvalue weighted by Crippen LogP contribution is 1.65. The molecule has 1 amide bonds. The van der Waals surface area contributed by atoms with Crippen molar-refractivity contribution in [3.63, 3.8) is 0 Å². The quantitative estimate of drug-likeness (QED) is 0.436. The molecule has 1 unspecified atom stereocenters. The monoisotopic (exact) mass is 136 g/mol. The average Bonchev–Trinajstić information content (AvgIpc) is 1.21. The molecule has 0 radical (unpaired) electrons. The van der Waals surface area contributed by atoms with E-state index in [9.17, 15) is 9.00 Å². The summed E-state index contributed by atoms with van der Waals surface area (Å²) in [5, 5.41) is 4.82. The molecule has 0 bridgehead atoms. The first-order valence-electron chi connectivity index (χ1n) is 1.85. The van der Waals surface area contributed by atoms with Gasteiger partial charge < -0.3 is 0 Å². The molecular weight excluding hydrogens is 128 g/mol. The molecule has 0 aliphatic carbocycles. The van der Waals surface area contributed by atoms with Gasteiger partial charge in [-0.25, -0.2) is 9.35 Å². The van der Waals surface area contributed by atoms with Crippen LogP contribution in [0, 0.1) is 0 Å². The molecule has 0 rings (SSSR count). The second-order valence-electron chi connectivity index (χ2n) is 1.38. The molecule has 0 fully saturated rings. The van der Waals surface area contributed by atoms with Crippen molar-refractivity contribution in [3.8, 4) is 0 Å². The van der Waals surface area contributed by atoms with Crippen LogP contribution < -0.4 is 9.86 Å². The van der Waals surface area contributed by atoms with E-state index in [0.717, 1.165) is 0 Å². The first kappa shape index (κ1) is 7.45. The lowest BCUT2D eigenvalue weighted by Gasteiger charge is -1.99. The number of carbonyl (C=O) groups is 1. The van der Waals surface area contributed by atoms with Gasteiger partial charge >= 0.3 is 0 Å². The molecule has 4 nitrogen and oxygen atoms in total. The minimum Gasteiger partial charge on any atom is -0.274 e. The Hall–Kier alpha value is -0.550. The normalized spacial score (nSPS) is 16.8. The zero-order chi connectivity index (χ0) is 6.78. The van der Waals surface area contributed by atoms with Crippen LogP contribution in [0.2, 0.25) is 0 Å². The molecule has 8 heavy (non-hydrogen) atoms. The van der Waals surface area contributed by atoms with Gasteiger partial charge in [-0.1, -0.05) is 0 Å². The summed E-state index contributed by atoms with van der Waals surface area (Å²) in [6, 6.07) is 0. The third-order valence-corrected chi connectivity index (χ3v) is 0.949. The molecule has 3 N–H and O–H groups in total. The standard InChI is InChI=1S/C3H8N2O2S/c1-3(6)5-8(2,4)7/h2H2,1H3,(H3,4,5,6,7). The van der Waals surface area contributed by atoms with Gasteiger partial charge in [0, 0.05) is 6.92 Å². The first-order valence-corrected chi connectivity index (χ1v) is 3.64. The van der Waals surface area contributed by atoms with Crippen molar-refractivity contribution in [2.75, 3.05) is 0 Å². The summed E-state index contributed by atoms with van der Waals surface area (Å²) in [5.74, 6) is 2.55. The van der Waals surface area contributed by atoms with E-state index in [-0.39, 0.29) is 0 Å². The molecule has 0 saturated heterocycles. The molecule has 0 aromatic heterocycles. The lowest BCUT2D eigenvalue weighted by atomic mass is 10.8. The molecular formula is C3H8N2O2S. The van der Waals surface area contributed by atoms with E-state index in [0.29, 0.717) is 0 Å². The average molecular weight is 136 g/mol. The summed E-state index contributed by atoms with van der Waals surface area (Å²) in [5.41, 5.74) is 0. The van der Waals surface area contributed by atoms with Crippen molar-refractivity contribution in [3.05, 3.63) is 0 Å². The Kier molecular flexibility index (Phi) is 2.00. The molecule has 0 spiro atoms. The van der Waals surface area contributed by atoms with Crippen LogP contribution in [-0.2, 0) is 14.7 Å². The van der Waals surface area contributed by atoms with Gasteiger partial charge in [0.25, 0.3) is 0 Å². The summed E-state index contributed by atoms with van der Waals surface area (Å²) in [4.78, 5) is 10.0. The van der Waals surface area contributed by atoms with Gasteiger partial charge in [0.1, 0.15) is 9.89 Å². The molecule has 0 saturated carbocycles. The Bertz CT molecular complexity index is 181. The van der Waals surface area contributed by atoms with Crippen molar-refractivity contribution in [1.29, 1.82) is 0 Å².